The van der Waals surface area contributed by atoms with Crippen molar-refractivity contribution in [1.29, 1.82) is 0 Å². The number of esters is 1. The van der Waals surface area contributed by atoms with Gasteiger partial charge in [0.15, 0.2) is 0 Å². The number of carbonyl (C=O) groups is 4. The Kier molecular flexibility index (Phi) is 13.9. The first-order chi connectivity index (χ1) is 35.5. The summed E-state index contributed by atoms with van der Waals surface area (Å²) in [5.74, 6) is 3.23. The molecule has 6 aromatic carbocycles. The summed E-state index contributed by atoms with van der Waals surface area (Å²) in [6.45, 7) is 1.51. The van der Waals surface area contributed by atoms with Gasteiger partial charge in [0.05, 0.1) is 35.2 Å². The van der Waals surface area contributed by atoms with Gasteiger partial charge in [-0.15, -0.1) is 0 Å². The third kappa shape index (κ3) is 9.33. The average molecular weight is 978 g/mol. The van der Waals surface area contributed by atoms with E-state index in [-0.39, 0.29) is 23.7 Å². The number of nitrogens with zero attached hydrogens (tertiary/aromatic N) is 5. The van der Waals surface area contributed by atoms with Crippen molar-refractivity contribution in [2.75, 3.05) is 31.6 Å². The molecule has 10 rings (SSSR count). The molecule has 0 unspecified atom stereocenters. The second kappa shape index (κ2) is 20.9. The van der Waals surface area contributed by atoms with Crippen LogP contribution in [-0.4, -0.2) is 81.3 Å². The molecule has 14 nitrogen and oxygen atoms in total. The van der Waals surface area contributed by atoms with E-state index in [2.05, 4.69) is 28.9 Å². The van der Waals surface area contributed by atoms with Crippen LogP contribution in [0.15, 0.2) is 158 Å². The Bertz CT molecular complexity index is 3060. The second-order valence-electron chi connectivity index (χ2n) is 19.3. The van der Waals surface area contributed by atoms with Gasteiger partial charge in [0, 0.05) is 37.3 Å². The van der Waals surface area contributed by atoms with Gasteiger partial charge in [0.2, 0.25) is 11.8 Å². The van der Waals surface area contributed by atoms with Crippen LogP contribution in [0.4, 0.5) is 16.2 Å². The van der Waals surface area contributed by atoms with Crippen LogP contribution in [0.5, 0.6) is 5.75 Å². The first kappa shape index (κ1) is 48.5. The Hall–Kier alpha value is -8.12. The summed E-state index contributed by atoms with van der Waals surface area (Å²) in [5.41, 5.74) is 2.34. The monoisotopic (exact) mass is 977 g/mol. The van der Waals surface area contributed by atoms with Crippen LogP contribution in [-0.2, 0) is 42.4 Å². The number of likely N-dealkylation sites (tertiary alicyclic amines) is 1. The highest BCUT2D eigenvalue weighted by Gasteiger charge is 2.76. The molecule has 4 aliphatic rings. The number of non-ortho nitro benzene ring substituents is 1. The van der Waals surface area contributed by atoms with Crippen molar-refractivity contribution in [2.45, 2.75) is 74.9 Å². The van der Waals surface area contributed by atoms with E-state index in [1.165, 1.54) is 36.4 Å². The predicted octanol–water partition coefficient (Wildman–Crippen LogP) is 9.58. The van der Waals surface area contributed by atoms with Crippen molar-refractivity contribution in [3.05, 3.63) is 207 Å². The number of cyclic esters (lactones) is 1. The van der Waals surface area contributed by atoms with E-state index in [0.29, 0.717) is 54.0 Å². The number of phenolic OH excluding ortho intramolecular Hbond substituents is 1. The van der Waals surface area contributed by atoms with Gasteiger partial charge in [-0.2, -0.15) is 0 Å². The van der Waals surface area contributed by atoms with Gasteiger partial charge in [0.25, 0.3) is 5.69 Å². The Morgan fingerprint density at radius 3 is 2.05 bits per heavy atom. The van der Waals surface area contributed by atoms with Crippen molar-refractivity contribution in [3.8, 4) is 17.6 Å². The molecule has 0 aromatic heterocycles. The lowest BCUT2D eigenvalue weighted by atomic mass is 9.64. The highest BCUT2D eigenvalue weighted by molar-refractivity contribution is 6.23. The molecule has 370 valence electrons. The number of imide groups is 1. The predicted molar refractivity (Wildman–Crippen MR) is 273 cm³/mol. The number of nitro benzene ring substituents is 1. The molecule has 0 radical (unpaired) electrons. The normalized spacial score (nSPS) is 22.6. The molecule has 0 aliphatic carbocycles. The molecule has 4 heterocycles. The molecule has 1 N–H and O–H groups in total. The Labute approximate surface area is 423 Å². The number of fused-ring (bicyclic) bond motifs is 3. The number of ether oxygens (including phenoxy) is 2. The van der Waals surface area contributed by atoms with Gasteiger partial charge in [-0.05, 0) is 95.7 Å². The van der Waals surface area contributed by atoms with Crippen molar-refractivity contribution >= 4 is 35.3 Å². The van der Waals surface area contributed by atoms with Crippen LogP contribution in [0, 0.1) is 27.9 Å². The number of carbonyl (C=O) groups excluding carboxylic acids is 4. The molecular weight excluding hydrogens is 923 g/mol. The molecular formula is C59H55N5O9. The minimum absolute atomic E-state index is 0.0372. The topological polar surface area (TPSA) is 163 Å². The summed E-state index contributed by atoms with van der Waals surface area (Å²) in [5, 5.41) is 22.3. The summed E-state index contributed by atoms with van der Waals surface area (Å²) >= 11 is 0. The number of benzene rings is 6. The zero-order valence-corrected chi connectivity index (χ0v) is 40.4. The molecule has 6 atom stereocenters. The van der Waals surface area contributed by atoms with Crippen molar-refractivity contribution < 1.29 is 38.7 Å². The largest absolute Gasteiger partial charge is 0.508 e. The van der Waals surface area contributed by atoms with Crippen molar-refractivity contribution in [1.82, 2.24) is 14.7 Å². The third-order valence-corrected chi connectivity index (χ3v) is 14.7. The summed E-state index contributed by atoms with van der Waals surface area (Å²) in [7, 11) is 1.97. The smallest absolute Gasteiger partial charge is 0.421 e. The molecule has 3 saturated heterocycles. The van der Waals surface area contributed by atoms with E-state index in [1.807, 2.05) is 90.8 Å². The number of aromatic hydroxyl groups is 1. The molecule has 14 heteroatoms. The zero-order valence-electron chi connectivity index (χ0n) is 40.4. The molecule has 73 heavy (non-hydrogen) atoms. The van der Waals surface area contributed by atoms with Crippen LogP contribution >= 0.6 is 0 Å². The number of hydrogen-bond donors (Lipinski definition) is 1. The van der Waals surface area contributed by atoms with E-state index in [1.54, 1.807) is 35.2 Å². The fourth-order valence-electron chi connectivity index (χ4n) is 11.4. The fraction of sp³-hybridized carbons (Fsp3) is 0.288. The highest BCUT2D eigenvalue weighted by Crippen LogP contribution is 2.66. The number of hydrogen-bond acceptors (Lipinski definition) is 11. The van der Waals surface area contributed by atoms with Crippen LogP contribution in [0.1, 0.15) is 89.2 Å². The number of phenols is 1. The lowest BCUT2D eigenvalue weighted by Crippen LogP contribution is -2.56. The van der Waals surface area contributed by atoms with E-state index in [4.69, 9.17) is 9.47 Å². The molecule has 0 bridgehead atoms. The Morgan fingerprint density at radius 1 is 0.767 bits per heavy atom. The number of nitro groups is 1. The number of anilines is 1. The van der Waals surface area contributed by atoms with Gasteiger partial charge >= 0.3 is 12.1 Å². The lowest BCUT2D eigenvalue weighted by molar-refractivity contribution is -0.384. The standard InChI is InChI=1S/C59H55N5O9/c1-60(38-41-17-8-5-9-18-41)34-16-19-40-26-33-49-48(37-40)59(57(68)62(49)58(69)72-39-42-24-29-46(30-25-42)64(70)71)50(55(66)61-35-14-3-2-4-15-36-61)52-56(67)73-53(44-22-12-7-13-23-44)51(43-20-10-6-11-21-43)63(52)54(59)45-27-31-47(65)32-28-45/h5-13,17-18,20-33,37,50-54,65H,2-4,14-15,34-36,38-39H2,1H3/t50-,51-,52-,53+,54+,59-/m0/s1. The van der Waals surface area contributed by atoms with E-state index in [9.17, 15) is 20.0 Å². The molecule has 1 spiro atoms. The summed E-state index contributed by atoms with van der Waals surface area (Å²) in [6, 6.07) is 42.9. The molecule has 3 fully saturated rings. The zero-order chi connectivity index (χ0) is 50.6. The van der Waals surface area contributed by atoms with E-state index in [0.717, 1.165) is 48.1 Å². The van der Waals surface area contributed by atoms with Gasteiger partial charge in [-0.3, -0.25) is 34.3 Å². The molecule has 6 aromatic rings. The quantitative estimate of drug-likeness (QED) is 0.0602. The molecule has 3 amide bonds. The number of rotatable bonds is 10. The highest BCUT2D eigenvalue weighted by atomic mass is 16.6. The van der Waals surface area contributed by atoms with Gasteiger partial charge < -0.3 is 19.5 Å². The van der Waals surface area contributed by atoms with Crippen LogP contribution in [0.2, 0.25) is 0 Å². The number of morpholine rings is 1. The molecule has 4 aliphatic heterocycles. The van der Waals surface area contributed by atoms with E-state index < -0.39 is 64.4 Å². The summed E-state index contributed by atoms with van der Waals surface area (Å²) in [4.78, 5) is 81.1. The maximum absolute atomic E-state index is 16.7. The first-order valence-corrected chi connectivity index (χ1v) is 24.8. The van der Waals surface area contributed by atoms with Gasteiger partial charge in [0.1, 0.15) is 29.9 Å². The van der Waals surface area contributed by atoms with Crippen LogP contribution in [0.3, 0.4) is 0 Å². The average Bonchev–Trinajstić information content (AvgIpc) is 3.89. The van der Waals surface area contributed by atoms with Crippen LogP contribution in [0.25, 0.3) is 0 Å². The summed E-state index contributed by atoms with van der Waals surface area (Å²) < 4.78 is 12.6. The van der Waals surface area contributed by atoms with E-state index >= 15 is 14.4 Å². The number of amides is 3. The minimum Gasteiger partial charge on any atom is -0.508 e. The summed E-state index contributed by atoms with van der Waals surface area (Å²) in [6.07, 6.45) is 2.32. The van der Waals surface area contributed by atoms with Crippen molar-refractivity contribution in [2.24, 2.45) is 5.92 Å². The second-order valence-corrected chi connectivity index (χ2v) is 19.3. The van der Waals surface area contributed by atoms with Gasteiger partial charge in [-0.1, -0.05) is 134 Å². The Balaban J connectivity index is 1.19. The molecule has 0 saturated carbocycles. The fourth-order valence-corrected chi connectivity index (χ4v) is 11.4. The first-order valence-electron chi connectivity index (χ1n) is 24.8. The van der Waals surface area contributed by atoms with Crippen LogP contribution < -0.4 is 4.90 Å². The minimum atomic E-state index is -2.03. The third-order valence-electron chi connectivity index (χ3n) is 14.7. The van der Waals surface area contributed by atoms with Crippen molar-refractivity contribution in [3.63, 3.8) is 0 Å². The maximum Gasteiger partial charge on any atom is 0.421 e. The lowest BCUT2D eigenvalue weighted by Gasteiger charge is -2.46. The Morgan fingerprint density at radius 2 is 1.40 bits per heavy atom. The SMILES string of the molecule is CN(CC#Cc1ccc2c(c1)[C@]1(C(=O)N2C(=O)OCc2ccc([N+](=O)[O-])cc2)[C@H](C(=O)N2CCCCCCC2)[C@H]2C(=O)O[C@H](c3ccccc3)[C@H](c3ccccc3)N2[C@@H]1c1ccc(O)cc1)Cc1ccccc1. The maximum atomic E-state index is 16.7. The van der Waals surface area contributed by atoms with Gasteiger partial charge in [-0.25, -0.2) is 9.69 Å².